The number of aromatic nitrogens is 1. The Kier molecular flexibility index (Phi) is 8.02. The number of amides is 1. The third-order valence-electron chi connectivity index (χ3n) is 5.93. The lowest BCUT2D eigenvalue weighted by molar-refractivity contribution is -0.124. The lowest BCUT2D eigenvalue weighted by atomic mass is 10.1. The minimum atomic E-state index is -3.78. The number of nitrogens with zero attached hydrogens (tertiary/aromatic N) is 2. The fourth-order valence-electron chi connectivity index (χ4n) is 4.02. The summed E-state index contributed by atoms with van der Waals surface area (Å²) in [6, 6.07) is 16.0. The summed E-state index contributed by atoms with van der Waals surface area (Å²) < 4.78 is 32.8. The SMILES string of the molecule is O=C(C=Cc1ccn(S(=O)(=O)c2ccc(-c3ccc(OCCCN4CCCC4)cc3)cc2)c1)NO. The zero-order valence-electron chi connectivity index (χ0n) is 19.3. The van der Waals surface area contributed by atoms with Crippen LogP contribution < -0.4 is 10.2 Å². The summed E-state index contributed by atoms with van der Waals surface area (Å²) in [5.74, 6) is 0.122. The maximum absolute atomic E-state index is 12.9. The molecule has 1 saturated heterocycles. The van der Waals surface area contributed by atoms with Crippen molar-refractivity contribution >= 4 is 22.0 Å². The van der Waals surface area contributed by atoms with Gasteiger partial charge in [0.05, 0.1) is 11.5 Å². The number of nitrogens with one attached hydrogen (secondary N) is 1. The predicted molar refractivity (Wildman–Crippen MR) is 134 cm³/mol. The van der Waals surface area contributed by atoms with Gasteiger partial charge < -0.3 is 9.64 Å². The maximum atomic E-state index is 12.9. The Labute approximate surface area is 205 Å². The van der Waals surface area contributed by atoms with Gasteiger partial charge in [-0.15, -0.1) is 0 Å². The van der Waals surface area contributed by atoms with Crippen molar-refractivity contribution in [2.45, 2.75) is 24.2 Å². The Morgan fingerprint density at radius 3 is 2.31 bits per heavy atom. The van der Waals surface area contributed by atoms with Crippen LogP contribution in [-0.2, 0) is 14.8 Å². The van der Waals surface area contributed by atoms with Crippen molar-refractivity contribution in [1.82, 2.24) is 14.4 Å². The third-order valence-corrected chi connectivity index (χ3v) is 7.58. The predicted octanol–water partition coefficient (Wildman–Crippen LogP) is 3.78. The first-order valence-electron chi connectivity index (χ1n) is 11.6. The second-order valence-corrected chi connectivity index (χ2v) is 10.2. The smallest absolute Gasteiger partial charge is 0.267 e. The minimum absolute atomic E-state index is 0.151. The normalized spacial score (nSPS) is 14.4. The number of hydroxylamine groups is 1. The molecule has 3 aromatic rings. The molecule has 1 aromatic heterocycles. The molecule has 1 aliphatic rings. The van der Waals surface area contributed by atoms with Gasteiger partial charge in [-0.2, -0.15) is 0 Å². The number of likely N-dealkylation sites (tertiary alicyclic amines) is 1. The van der Waals surface area contributed by atoms with Gasteiger partial charge in [-0.25, -0.2) is 17.9 Å². The average molecular weight is 496 g/mol. The fourth-order valence-corrected chi connectivity index (χ4v) is 5.22. The Balaban J connectivity index is 1.36. The summed E-state index contributed by atoms with van der Waals surface area (Å²) in [6.45, 7) is 4.16. The standard InChI is InChI=1S/C26H29N3O5S/c30-26(27-31)13-4-21-14-18-29(20-21)35(32,33)25-11-7-23(8-12-25)22-5-9-24(10-6-22)34-19-3-17-28-15-1-2-16-28/h4-14,18,20,31H,1-3,15-17,19H2,(H,27,30). The van der Waals surface area contributed by atoms with E-state index in [1.54, 1.807) is 30.3 Å². The first kappa shape index (κ1) is 24.7. The van der Waals surface area contributed by atoms with E-state index in [0.717, 1.165) is 39.9 Å². The molecular weight excluding hydrogens is 466 g/mol. The molecule has 0 saturated carbocycles. The molecule has 2 heterocycles. The summed E-state index contributed by atoms with van der Waals surface area (Å²) in [5, 5.41) is 8.53. The number of carbonyl (C=O) groups is 1. The van der Waals surface area contributed by atoms with Gasteiger partial charge in [-0.1, -0.05) is 24.3 Å². The molecule has 1 amide bonds. The largest absolute Gasteiger partial charge is 0.494 e. The van der Waals surface area contributed by atoms with Gasteiger partial charge in [-0.3, -0.25) is 10.0 Å². The van der Waals surface area contributed by atoms with Crippen LogP contribution in [0.1, 0.15) is 24.8 Å². The van der Waals surface area contributed by atoms with E-state index in [-0.39, 0.29) is 4.90 Å². The van der Waals surface area contributed by atoms with Crippen LogP contribution in [0.3, 0.4) is 0 Å². The number of benzene rings is 2. The van der Waals surface area contributed by atoms with E-state index < -0.39 is 15.9 Å². The average Bonchev–Trinajstić information content (AvgIpc) is 3.58. The highest BCUT2D eigenvalue weighted by molar-refractivity contribution is 7.90. The quantitative estimate of drug-likeness (QED) is 0.192. The monoisotopic (exact) mass is 495 g/mol. The Morgan fingerprint density at radius 2 is 1.66 bits per heavy atom. The van der Waals surface area contributed by atoms with Gasteiger partial charge in [0, 0.05) is 25.0 Å². The van der Waals surface area contributed by atoms with Crippen molar-refractivity contribution in [3.63, 3.8) is 0 Å². The molecule has 0 unspecified atom stereocenters. The molecule has 0 atom stereocenters. The molecule has 35 heavy (non-hydrogen) atoms. The van der Waals surface area contributed by atoms with Crippen molar-refractivity contribution in [1.29, 1.82) is 0 Å². The molecule has 0 radical (unpaired) electrons. The fraction of sp³-hybridized carbons (Fsp3) is 0.269. The first-order valence-corrected chi connectivity index (χ1v) is 13.0. The zero-order valence-corrected chi connectivity index (χ0v) is 20.2. The van der Waals surface area contributed by atoms with Gasteiger partial charge in [0.1, 0.15) is 5.75 Å². The second kappa shape index (κ2) is 11.4. The third kappa shape index (κ3) is 6.39. The molecule has 8 nitrogen and oxygen atoms in total. The second-order valence-electron chi connectivity index (χ2n) is 8.39. The molecule has 2 N–H and O–H groups in total. The van der Waals surface area contributed by atoms with Crippen LogP contribution in [-0.4, -0.2) is 54.6 Å². The van der Waals surface area contributed by atoms with Crippen LogP contribution in [0.2, 0.25) is 0 Å². The molecule has 0 aliphatic carbocycles. The van der Waals surface area contributed by atoms with Gasteiger partial charge in [0.15, 0.2) is 0 Å². The van der Waals surface area contributed by atoms with Crippen molar-refractivity contribution in [3.8, 4) is 16.9 Å². The lowest BCUT2D eigenvalue weighted by Crippen LogP contribution is -2.21. The molecule has 1 fully saturated rings. The number of carbonyl (C=O) groups excluding carboxylic acids is 1. The number of hydrogen-bond acceptors (Lipinski definition) is 6. The first-order chi connectivity index (χ1) is 17.0. The summed E-state index contributed by atoms with van der Waals surface area (Å²) >= 11 is 0. The van der Waals surface area contributed by atoms with Crippen molar-refractivity contribution in [2.24, 2.45) is 0 Å². The van der Waals surface area contributed by atoms with E-state index >= 15 is 0 Å². The van der Waals surface area contributed by atoms with Crippen LogP contribution in [0, 0.1) is 0 Å². The van der Waals surface area contributed by atoms with Gasteiger partial charge in [-0.05, 0) is 85.5 Å². The molecule has 0 spiro atoms. The molecule has 2 aromatic carbocycles. The van der Waals surface area contributed by atoms with Crippen LogP contribution in [0.25, 0.3) is 17.2 Å². The molecule has 9 heteroatoms. The number of ether oxygens (including phenoxy) is 1. The topological polar surface area (TPSA) is 101 Å². The minimum Gasteiger partial charge on any atom is -0.494 e. The summed E-state index contributed by atoms with van der Waals surface area (Å²) in [7, 11) is -3.78. The van der Waals surface area contributed by atoms with Crippen molar-refractivity contribution in [3.05, 3.63) is 78.6 Å². The summed E-state index contributed by atoms with van der Waals surface area (Å²) in [5.41, 5.74) is 3.85. The zero-order chi connectivity index (χ0) is 24.7. The molecule has 0 bridgehead atoms. The van der Waals surface area contributed by atoms with E-state index in [1.807, 2.05) is 24.3 Å². The highest BCUT2D eigenvalue weighted by Crippen LogP contribution is 2.25. The Bertz CT molecular complexity index is 1260. The van der Waals surface area contributed by atoms with Gasteiger partial charge in [0.2, 0.25) is 0 Å². The summed E-state index contributed by atoms with van der Waals surface area (Å²) in [6.07, 6.45) is 8.92. The van der Waals surface area contributed by atoms with Crippen LogP contribution in [0.5, 0.6) is 5.75 Å². The van der Waals surface area contributed by atoms with E-state index in [9.17, 15) is 13.2 Å². The Hall–Kier alpha value is -3.40. The van der Waals surface area contributed by atoms with Crippen molar-refractivity contribution in [2.75, 3.05) is 26.2 Å². The number of hydrogen-bond donors (Lipinski definition) is 2. The van der Waals surface area contributed by atoms with Gasteiger partial charge in [0.25, 0.3) is 15.9 Å². The van der Waals surface area contributed by atoms with E-state index in [0.29, 0.717) is 12.2 Å². The van der Waals surface area contributed by atoms with Crippen LogP contribution in [0.15, 0.2) is 78.0 Å². The molecular formula is C26H29N3O5S. The molecule has 1 aliphatic heterocycles. The lowest BCUT2D eigenvalue weighted by Gasteiger charge is -2.14. The van der Waals surface area contributed by atoms with E-state index in [4.69, 9.17) is 9.94 Å². The van der Waals surface area contributed by atoms with Gasteiger partial charge >= 0.3 is 0 Å². The number of rotatable bonds is 10. The van der Waals surface area contributed by atoms with E-state index in [2.05, 4.69) is 4.90 Å². The highest BCUT2D eigenvalue weighted by atomic mass is 32.2. The Morgan fingerprint density at radius 1 is 1.00 bits per heavy atom. The van der Waals surface area contributed by atoms with Crippen LogP contribution in [0.4, 0.5) is 0 Å². The van der Waals surface area contributed by atoms with Crippen LogP contribution >= 0.6 is 0 Å². The highest BCUT2D eigenvalue weighted by Gasteiger charge is 2.16. The maximum Gasteiger partial charge on any atom is 0.267 e. The molecule has 4 rings (SSSR count). The molecule has 184 valence electrons. The van der Waals surface area contributed by atoms with E-state index in [1.165, 1.54) is 49.9 Å². The summed E-state index contributed by atoms with van der Waals surface area (Å²) in [4.78, 5) is 13.7. The van der Waals surface area contributed by atoms with Crippen molar-refractivity contribution < 1.29 is 23.2 Å².